The van der Waals surface area contributed by atoms with Gasteiger partial charge in [0.25, 0.3) is 0 Å². The Labute approximate surface area is 174 Å². The van der Waals surface area contributed by atoms with Crippen LogP contribution >= 0.6 is 0 Å². The highest BCUT2D eigenvalue weighted by Gasteiger charge is 2.27. The summed E-state index contributed by atoms with van der Waals surface area (Å²) in [6.07, 6.45) is 5.25. The van der Waals surface area contributed by atoms with Crippen LogP contribution in [0.3, 0.4) is 0 Å². The Morgan fingerprint density at radius 1 is 1.17 bits per heavy atom. The average molecular weight is 408 g/mol. The first-order valence-corrected chi connectivity index (χ1v) is 9.99. The van der Waals surface area contributed by atoms with Gasteiger partial charge < -0.3 is 10.5 Å². The molecule has 4 rings (SSSR count). The minimum atomic E-state index is -0.967. The van der Waals surface area contributed by atoms with E-state index in [1.54, 1.807) is 35.0 Å². The van der Waals surface area contributed by atoms with Gasteiger partial charge in [-0.3, -0.25) is 0 Å². The highest BCUT2D eigenvalue weighted by atomic mass is 19.1. The van der Waals surface area contributed by atoms with E-state index in [1.165, 1.54) is 12.1 Å². The number of hydrogen-bond acceptors (Lipinski definition) is 4. The van der Waals surface area contributed by atoms with Crippen molar-refractivity contribution in [2.75, 3.05) is 0 Å². The molecule has 0 fully saturated rings. The number of hydrogen-bond donors (Lipinski definition) is 3. The zero-order chi connectivity index (χ0) is 21.3. The molecule has 7 heteroatoms. The molecule has 0 amide bonds. The summed E-state index contributed by atoms with van der Waals surface area (Å²) in [6, 6.07) is 13.7. The molecule has 1 heterocycles. The van der Waals surface area contributed by atoms with Crippen molar-refractivity contribution in [2.24, 2.45) is 0 Å². The predicted molar refractivity (Wildman–Crippen MR) is 112 cm³/mol. The van der Waals surface area contributed by atoms with Crippen molar-refractivity contribution in [3.05, 3.63) is 94.2 Å². The van der Waals surface area contributed by atoms with Gasteiger partial charge in [-0.15, -0.1) is 0 Å². The largest absolute Gasteiger partial charge is 0.595 e. The highest BCUT2D eigenvalue weighted by molar-refractivity contribution is 5.53. The van der Waals surface area contributed by atoms with E-state index in [4.69, 9.17) is 0 Å². The van der Waals surface area contributed by atoms with Crippen LogP contribution in [0.4, 0.5) is 10.1 Å². The maximum atomic E-state index is 13.1. The molecule has 0 spiro atoms. The van der Waals surface area contributed by atoms with Crippen molar-refractivity contribution in [1.29, 1.82) is 0 Å². The lowest BCUT2D eigenvalue weighted by atomic mass is 9.96. The van der Waals surface area contributed by atoms with Gasteiger partial charge in [0, 0.05) is 35.8 Å². The van der Waals surface area contributed by atoms with E-state index in [9.17, 15) is 14.8 Å². The summed E-state index contributed by atoms with van der Waals surface area (Å²) in [4.78, 5) is 0. The zero-order valence-electron chi connectivity index (χ0n) is 17.0. The SMILES string of the molecule is Cc1nn(-c2ccccc2[NH+]([O-])O)c(C)c1[C@@H]1C=C[C@@H](NCc2ccc(F)cc2)C1. The lowest BCUT2D eigenvalue weighted by molar-refractivity contribution is -0.991. The molecule has 6 nitrogen and oxygen atoms in total. The summed E-state index contributed by atoms with van der Waals surface area (Å²) >= 11 is 0. The van der Waals surface area contributed by atoms with Gasteiger partial charge in [-0.05, 0) is 44.0 Å². The molecule has 156 valence electrons. The van der Waals surface area contributed by atoms with Gasteiger partial charge in [0.1, 0.15) is 11.5 Å². The Hall–Kier alpha value is -2.84. The van der Waals surface area contributed by atoms with Gasteiger partial charge in [-0.25, -0.2) is 14.3 Å². The summed E-state index contributed by atoms with van der Waals surface area (Å²) in [5, 5.41) is 28.3. The number of quaternary nitrogens is 1. The van der Waals surface area contributed by atoms with Crippen LogP contribution in [-0.4, -0.2) is 21.0 Å². The summed E-state index contributed by atoms with van der Waals surface area (Å²) in [6.45, 7) is 4.63. The fourth-order valence-electron chi connectivity index (χ4n) is 4.18. The van der Waals surface area contributed by atoms with Crippen molar-refractivity contribution in [3.8, 4) is 5.69 Å². The van der Waals surface area contributed by atoms with Crippen LogP contribution in [0.2, 0.25) is 0 Å². The van der Waals surface area contributed by atoms with Crippen molar-refractivity contribution in [1.82, 2.24) is 15.1 Å². The number of nitrogens with one attached hydrogen (secondary N) is 2. The van der Waals surface area contributed by atoms with Crippen LogP contribution in [0.25, 0.3) is 5.69 Å². The van der Waals surface area contributed by atoms with E-state index < -0.39 is 5.23 Å². The molecular weight excluding hydrogens is 383 g/mol. The Morgan fingerprint density at radius 2 is 1.90 bits per heavy atom. The van der Waals surface area contributed by atoms with Gasteiger partial charge in [0.2, 0.25) is 0 Å². The second-order valence-corrected chi connectivity index (χ2v) is 7.66. The number of para-hydroxylation sites is 2. The first-order chi connectivity index (χ1) is 14.4. The van der Waals surface area contributed by atoms with Crippen molar-refractivity contribution < 1.29 is 14.8 Å². The van der Waals surface area contributed by atoms with Crippen molar-refractivity contribution in [2.45, 2.75) is 38.8 Å². The normalized spacial score (nSPS) is 19.4. The molecular formula is C23H25FN4O2. The summed E-state index contributed by atoms with van der Waals surface area (Å²) < 4.78 is 14.8. The van der Waals surface area contributed by atoms with Crippen LogP contribution in [0.5, 0.6) is 0 Å². The Balaban J connectivity index is 1.51. The summed E-state index contributed by atoms with van der Waals surface area (Å²) in [5.74, 6) is -0.0199. The van der Waals surface area contributed by atoms with Crippen LogP contribution in [0, 0.1) is 24.9 Å². The van der Waals surface area contributed by atoms with E-state index in [1.807, 2.05) is 19.9 Å². The maximum absolute atomic E-state index is 13.1. The maximum Gasteiger partial charge on any atom is 0.189 e. The first kappa shape index (κ1) is 20.4. The molecule has 30 heavy (non-hydrogen) atoms. The van der Waals surface area contributed by atoms with Crippen LogP contribution in [0.1, 0.15) is 34.9 Å². The lowest BCUT2D eigenvalue weighted by Gasteiger charge is -2.17. The predicted octanol–water partition coefficient (Wildman–Crippen LogP) is 3.23. The van der Waals surface area contributed by atoms with Gasteiger partial charge >= 0.3 is 0 Å². The van der Waals surface area contributed by atoms with E-state index in [0.717, 1.165) is 28.9 Å². The summed E-state index contributed by atoms with van der Waals surface area (Å²) in [5.41, 5.74) is 4.84. The number of nitrogens with zero attached hydrogens (tertiary/aromatic N) is 2. The van der Waals surface area contributed by atoms with Crippen LogP contribution in [-0.2, 0) is 6.54 Å². The number of halogens is 1. The van der Waals surface area contributed by atoms with Gasteiger partial charge in [-0.2, -0.15) is 10.3 Å². The van der Waals surface area contributed by atoms with Crippen molar-refractivity contribution >= 4 is 5.69 Å². The number of aromatic nitrogens is 2. The minimum absolute atomic E-state index is 0.210. The van der Waals surface area contributed by atoms with E-state index in [-0.39, 0.29) is 23.5 Å². The molecule has 1 aliphatic carbocycles. The zero-order valence-corrected chi connectivity index (χ0v) is 17.0. The minimum Gasteiger partial charge on any atom is -0.595 e. The van der Waals surface area contributed by atoms with Gasteiger partial charge in [0.05, 0.1) is 5.69 Å². The third-order valence-corrected chi connectivity index (χ3v) is 5.65. The number of benzene rings is 2. The molecule has 3 N–H and O–H groups in total. The fraction of sp³-hybridized carbons (Fsp3) is 0.261. The monoisotopic (exact) mass is 408 g/mol. The van der Waals surface area contributed by atoms with Crippen LogP contribution < -0.4 is 10.5 Å². The first-order valence-electron chi connectivity index (χ1n) is 9.99. The second kappa shape index (κ2) is 8.49. The molecule has 0 radical (unpaired) electrons. The Bertz CT molecular complexity index is 1060. The third-order valence-electron chi connectivity index (χ3n) is 5.65. The molecule has 0 saturated heterocycles. The van der Waals surface area contributed by atoms with Gasteiger partial charge in [0.15, 0.2) is 5.69 Å². The quantitative estimate of drug-likeness (QED) is 0.432. The molecule has 3 aromatic rings. The van der Waals surface area contributed by atoms with Crippen molar-refractivity contribution in [3.63, 3.8) is 0 Å². The Kier molecular flexibility index (Phi) is 5.78. The van der Waals surface area contributed by atoms with E-state index >= 15 is 0 Å². The smallest absolute Gasteiger partial charge is 0.189 e. The van der Waals surface area contributed by atoms with Gasteiger partial charge in [-0.1, -0.05) is 36.4 Å². The molecule has 1 aromatic heterocycles. The fourth-order valence-corrected chi connectivity index (χ4v) is 4.18. The average Bonchev–Trinajstić information content (AvgIpc) is 3.31. The standard InChI is InChI=1S/C23H25FN4O2/c1-15-23(16(2)27(26-15)21-5-3-4-6-22(21)28(29)30)18-9-12-20(13-18)25-14-17-7-10-19(24)11-8-17/h3-12,18,20,25,28-29H,13-14H2,1-2H3/t18-,20-/m1/s1. The second-order valence-electron chi connectivity index (χ2n) is 7.66. The lowest BCUT2D eigenvalue weighted by Crippen LogP contribution is -2.99. The molecule has 0 saturated carbocycles. The van der Waals surface area contributed by atoms with E-state index in [0.29, 0.717) is 12.2 Å². The molecule has 2 aromatic carbocycles. The van der Waals surface area contributed by atoms with E-state index in [2.05, 4.69) is 22.6 Å². The molecule has 0 aliphatic heterocycles. The molecule has 1 unspecified atom stereocenters. The number of aryl methyl sites for hydroxylation is 1. The molecule has 1 aliphatic rings. The van der Waals surface area contributed by atoms with Crippen LogP contribution in [0.15, 0.2) is 60.7 Å². The summed E-state index contributed by atoms with van der Waals surface area (Å²) in [7, 11) is 0. The molecule has 0 bridgehead atoms. The number of allylic oxidation sites excluding steroid dienone is 1. The third kappa shape index (κ3) is 4.06. The highest BCUT2D eigenvalue weighted by Crippen LogP contribution is 2.34. The Morgan fingerprint density at radius 3 is 2.63 bits per heavy atom. The number of rotatable bonds is 6. The molecule has 3 atom stereocenters. The topological polar surface area (TPSA) is 77.6 Å².